The third-order valence-electron chi connectivity index (χ3n) is 2.53. The lowest BCUT2D eigenvalue weighted by Crippen LogP contribution is -2.44. The Bertz CT molecular complexity index is 405. The van der Waals surface area contributed by atoms with Crippen molar-refractivity contribution < 1.29 is 14.7 Å². The quantitative estimate of drug-likeness (QED) is 0.677. The first-order valence-corrected chi connectivity index (χ1v) is 6.21. The Morgan fingerprint density at radius 2 is 2.16 bits per heavy atom. The van der Waals surface area contributed by atoms with Gasteiger partial charge in [0.15, 0.2) is 0 Å². The van der Waals surface area contributed by atoms with Gasteiger partial charge in [0.1, 0.15) is 0 Å². The molecule has 7 heteroatoms. The van der Waals surface area contributed by atoms with Crippen LogP contribution in [0.1, 0.15) is 20.3 Å². The van der Waals surface area contributed by atoms with Crippen molar-refractivity contribution in [2.45, 2.75) is 32.9 Å². The summed E-state index contributed by atoms with van der Waals surface area (Å²) in [5.41, 5.74) is 0. The third-order valence-corrected chi connectivity index (χ3v) is 2.53. The van der Waals surface area contributed by atoms with E-state index < -0.39 is 5.97 Å². The molecule has 0 bridgehead atoms. The zero-order valence-electron chi connectivity index (χ0n) is 11.2. The van der Waals surface area contributed by atoms with Gasteiger partial charge >= 0.3 is 12.0 Å². The lowest BCUT2D eigenvalue weighted by molar-refractivity contribution is -0.137. The number of hydrogen-bond acceptors (Lipinski definition) is 3. The molecule has 0 aliphatic heterocycles. The number of aromatic nitrogens is 2. The first kappa shape index (κ1) is 15.0. The van der Waals surface area contributed by atoms with Crippen LogP contribution in [0.15, 0.2) is 18.5 Å². The maximum atomic E-state index is 11.6. The van der Waals surface area contributed by atoms with Crippen LogP contribution < -0.4 is 10.6 Å². The van der Waals surface area contributed by atoms with Gasteiger partial charge in [-0.1, -0.05) is 6.92 Å². The number of nitrogens with one attached hydrogen (secondary N) is 2. The number of carbonyl (C=O) groups is 2. The molecule has 0 fully saturated rings. The predicted molar refractivity (Wildman–Crippen MR) is 69.6 cm³/mol. The van der Waals surface area contributed by atoms with E-state index >= 15 is 0 Å². The summed E-state index contributed by atoms with van der Waals surface area (Å²) < 4.78 is 1.73. The molecule has 0 spiro atoms. The van der Waals surface area contributed by atoms with Crippen LogP contribution in [0.2, 0.25) is 0 Å². The fourth-order valence-corrected chi connectivity index (χ4v) is 1.65. The van der Waals surface area contributed by atoms with Crippen LogP contribution in [0.3, 0.4) is 0 Å². The van der Waals surface area contributed by atoms with E-state index in [9.17, 15) is 9.59 Å². The van der Waals surface area contributed by atoms with Gasteiger partial charge in [0, 0.05) is 31.4 Å². The Hall–Kier alpha value is -2.05. The van der Waals surface area contributed by atoms with E-state index in [-0.39, 0.29) is 24.4 Å². The number of rotatable bonds is 7. The number of hydrogen-bond donors (Lipinski definition) is 3. The Labute approximate surface area is 112 Å². The summed E-state index contributed by atoms with van der Waals surface area (Å²) in [5, 5.41) is 18.1. The maximum Gasteiger partial charge on any atom is 0.315 e. The molecular weight excluding hydrogens is 248 g/mol. The zero-order valence-corrected chi connectivity index (χ0v) is 11.2. The molecule has 0 radical (unpaired) electrons. The minimum absolute atomic E-state index is 0.0448. The highest BCUT2D eigenvalue weighted by Crippen LogP contribution is 1.99. The molecular formula is C12H20N4O3. The van der Waals surface area contributed by atoms with Crippen molar-refractivity contribution in [2.75, 3.05) is 6.54 Å². The van der Waals surface area contributed by atoms with Crippen molar-refractivity contribution >= 4 is 12.0 Å². The van der Waals surface area contributed by atoms with Crippen molar-refractivity contribution in [2.24, 2.45) is 5.92 Å². The van der Waals surface area contributed by atoms with Crippen LogP contribution in [0.5, 0.6) is 0 Å². The second-order valence-electron chi connectivity index (χ2n) is 4.69. The fraction of sp³-hybridized carbons (Fsp3) is 0.583. The average Bonchev–Trinajstić information content (AvgIpc) is 2.78. The molecule has 1 heterocycles. The van der Waals surface area contributed by atoms with Crippen molar-refractivity contribution in [3.8, 4) is 0 Å². The monoisotopic (exact) mass is 268 g/mol. The highest BCUT2D eigenvalue weighted by molar-refractivity contribution is 5.74. The van der Waals surface area contributed by atoms with Gasteiger partial charge in [0.25, 0.3) is 0 Å². The molecule has 19 heavy (non-hydrogen) atoms. The molecule has 2 atom stereocenters. The molecule has 0 aliphatic rings. The summed E-state index contributed by atoms with van der Waals surface area (Å²) in [6.07, 6.45) is 3.55. The summed E-state index contributed by atoms with van der Waals surface area (Å²) in [4.78, 5) is 22.0. The molecule has 1 rings (SSSR count). The van der Waals surface area contributed by atoms with E-state index in [1.165, 1.54) is 0 Å². The SMILES string of the molecule is CC(CNC(=O)NC(C)Cn1cccn1)CC(=O)O. The van der Waals surface area contributed by atoms with Crippen LogP contribution in [0, 0.1) is 5.92 Å². The van der Waals surface area contributed by atoms with E-state index in [4.69, 9.17) is 5.11 Å². The molecule has 1 aromatic rings. The summed E-state index contributed by atoms with van der Waals surface area (Å²) in [7, 11) is 0. The molecule has 0 saturated carbocycles. The number of nitrogens with zero attached hydrogens (tertiary/aromatic N) is 2. The molecule has 0 aromatic carbocycles. The second-order valence-corrected chi connectivity index (χ2v) is 4.69. The van der Waals surface area contributed by atoms with Gasteiger partial charge in [-0.3, -0.25) is 9.48 Å². The van der Waals surface area contributed by atoms with Gasteiger partial charge in [-0.25, -0.2) is 4.79 Å². The van der Waals surface area contributed by atoms with Gasteiger partial charge in [-0.2, -0.15) is 5.10 Å². The van der Waals surface area contributed by atoms with Gasteiger partial charge < -0.3 is 15.7 Å². The number of amides is 2. The average molecular weight is 268 g/mol. The molecule has 2 unspecified atom stereocenters. The van der Waals surface area contributed by atoms with Crippen molar-refractivity contribution in [3.05, 3.63) is 18.5 Å². The maximum absolute atomic E-state index is 11.6. The first-order valence-electron chi connectivity index (χ1n) is 6.21. The molecule has 106 valence electrons. The Morgan fingerprint density at radius 1 is 1.42 bits per heavy atom. The Kier molecular flexibility index (Phi) is 5.84. The van der Waals surface area contributed by atoms with Crippen molar-refractivity contribution in [3.63, 3.8) is 0 Å². The number of aliphatic carboxylic acids is 1. The van der Waals surface area contributed by atoms with Crippen LogP contribution in [0.25, 0.3) is 0 Å². The molecule has 0 aliphatic carbocycles. The van der Waals surface area contributed by atoms with Crippen LogP contribution >= 0.6 is 0 Å². The predicted octanol–water partition coefficient (Wildman–Crippen LogP) is 0.682. The summed E-state index contributed by atoms with van der Waals surface area (Å²) >= 11 is 0. The van der Waals surface area contributed by atoms with Crippen LogP contribution in [0.4, 0.5) is 4.79 Å². The normalized spacial score (nSPS) is 13.6. The number of carboxylic acids is 1. The van der Waals surface area contributed by atoms with Gasteiger partial charge in [0.2, 0.25) is 0 Å². The lowest BCUT2D eigenvalue weighted by Gasteiger charge is -2.16. The Balaban J connectivity index is 2.21. The second kappa shape index (κ2) is 7.40. The first-order chi connectivity index (χ1) is 8.97. The standard InChI is InChI=1S/C12H20N4O3/c1-9(6-11(17)18)7-13-12(19)15-10(2)8-16-5-3-4-14-16/h3-5,9-10H,6-8H2,1-2H3,(H,17,18)(H2,13,15,19). The van der Waals surface area contributed by atoms with E-state index in [0.29, 0.717) is 13.1 Å². The Morgan fingerprint density at radius 3 is 2.74 bits per heavy atom. The summed E-state index contributed by atoms with van der Waals surface area (Å²) in [6, 6.07) is 1.46. The molecule has 7 nitrogen and oxygen atoms in total. The zero-order chi connectivity index (χ0) is 14.3. The minimum Gasteiger partial charge on any atom is -0.481 e. The molecule has 0 saturated heterocycles. The number of carbonyl (C=O) groups excluding carboxylic acids is 1. The van der Waals surface area contributed by atoms with Gasteiger partial charge in [-0.15, -0.1) is 0 Å². The topological polar surface area (TPSA) is 96.3 Å². The van der Waals surface area contributed by atoms with Gasteiger partial charge in [-0.05, 0) is 18.9 Å². The van der Waals surface area contributed by atoms with Crippen molar-refractivity contribution in [1.29, 1.82) is 0 Å². The largest absolute Gasteiger partial charge is 0.481 e. The minimum atomic E-state index is -0.859. The van der Waals surface area contributed by atoms with Crippen LogP contribution in [-0.2, 0) is 11.3 Å². The van der Waals surface area contributed by atoms with E-state index in [1.54, 1.807) is 17.8 Å². The van der Waals surface area contributed by atoms with Crippen LogP contribution in [-0.4, -0.2) is 39.5 Å². The molecule has 3 N–H and O–H groups in total. The fourth-order valence-electron chi connectivity index (χ4n) is 1.65. The van der Waals surface area contributed by atoms with E-state index in [2.05, 4.69) is 15.7 Å². The van der Waals surface area contributed by atoms with E-state index in [1.807, 2.05) is 19.2 Å². The number of carboxylic acid groups (broad SMARTS) is 1. The smallest absolute Gasteiger partial charge is 0.315 e. The summed E-state index contributed by atoms with van der Waals surface area (Å²) in [5.74, 6) is -0.952. The lowest BCUT2D eigenvalue weighted by atomic mass is 10.1. The van der Waals surface area contributed by atoms with E-state index in [0.717, 1.165) is 0 Å². The molecule has 1 aromatic heterocycles. The third kappa shape index (κ3) is 6.44. The highest BCUT2D eigenvalue weighted by atomic mass is 16.4. The number of urea groups is 1. The molecule has 2 amide bonds. The highest BCUT2D eigenvalue weighted by Gasteiger charge is 2.11. The van der Waals surface area contributed by atoms with Gasteiger partial charge in [0.05, 0.1) is 6.54 Å². The van der Waals surface area contributed by atoms with Crippen molar-refractivity contribution in [1.82, 2.24) is 20.4 Å². The summed E-state index contributed by atoms with van der Waals surface area (Å²) in [6.45, 7) is 4.58.